The summed E-state index contributed by atoms with van der Waals surface area (Å²) in [5.41, 5.74) is 1.03. The number of carbonyl (C=O) groups is 1. The Bertz CT molecular complexity index is 693. The molecule has 24 heavy (non-hydrogen) atoms. The van der Waals surface area contributed by atoms with Crippen LogP contribution in [-0.2, 0) is 11.3 Å². The van der Waals surface area contributed by atoms with Crippen LogP contribution in [-0.4, -0.2) is 58.7 Å². The lowest BCUT2D eigenvalue weighted by Crippen LogP contribution is -2.49. The van der Waals surface area contributed by atoms with Crippen molar-refractivity contribution in [3.8, 4) is 5.75 Å². The number of benzene rings is 1. The number of ether oxygens (including phenoxy) is 1. The molecule has 0 aliphatic carbocycles. The number of hydrogen-bond acceptors (Lipinski definition) is 6. The summed E-state index contributed by atoms with van der Waals surface area (Å²) in [5, 5.41) is 7.84. The maximum atomic E-state index is 12.3. The van der Waals surface area contributed by atoms with Gasteiger partial charge in [-0.2, -0.15) is 0 Å². The van der Waals surface area contributed by atoms with Crippen LogP contribution in [0, 0.1) is 13.8 Å². The van der Waals surface area contributed by atoms with E-state index in [9.17, 15) is 4.79 Å². The number of piperazine rings is 1. The lowest BCUT2D eigenvalue weighted by Gasteiger charge is -2.33. The predicted octanol–water partition coefficient (Wildman–Crippen LogP) is 1.41. The Labute approximate surface area is 141 Å². The molecule has 7 nitrogen and oxygen atoms in total. The van der Waals surface area contributed by atoms with Gasteiger partial charge in [0.05, 0.1) is 6.54 Å². The molecule has 7 heteroatoms. The maximum absolute atomic E-state index is 12.3. The van der Waals surface area contributed by atoms with Crippen LogP contribution < -0.4 is 4.74 Å². The van der Waals surface area contributed by atoms with E-state index in [-0.39, 0.29) is 12.5 Å². The number of rotatable bonds is 5. The van der Waals surface area contributed by atoms with Crippen LogP contribution in [0.15, 0.2) is 28.7 Å². The van der Waals surface area contributed by atoms with Crippen LogP contribution in [0.5, 0.6) is 5.75 Å². The van der Waals surface area contributed by atoms with Gasteiger partial charge in [0.25, 0.3) is 5.91 Å². The molecule has 1 saturated heterocycles. The lowest BCUT2D eigenvalue weighted by molar-refractivity contribution is -0.135. The molecule has 2 heterocycles. The monoisotopic (exact) mass is 330 g/mol. The van der Waals surface area contributed by atoms with Crippen molar-refractivity contribution in [2.75, 3.05) is 32.8 Å². The molecule has 0 saturated carbocycles. The topological polar surface area (TPSA) is 71.7 Å². The second kappa shape index (κ2) is 7.44. The average Bonchev–Trinajstić information content (AvgIpc) is 2.99. The number of nitrogens with zero attached hydrogens (tertiary/aromatic N) is 4. The van der Waals surface area contributed by atoms with Crippen LogP contribution in [0.4, 0.5) is 0 Å². The van der Waals surface area contributed by atoms with E-state index in [0.29, 0.717) is 31.4 Å². The average molecular weight is 330 g/mol. The van der Waals surface area contributed by atoms with Gasteiger partial charge in [-0.05, 0) is 18.6 Å². The van der Waals surface area contributed by atoms with Crippen LogP contribution in [0.1, 0.15) is 17.3 Å². The number of hydrogen-bond donors (Lipinski definition) is 0. The van der Waals surface area contributed by atoms with Crippen molar-refractivity contribution in [2.45, 2.75) is 20.4 Å². The molecule has 1 amide bonds. The highest BCUT2D eigenvalue weighted by Crippen LogP contribution is 2.16. The number of amides is 1. The number of carbonyl (C=O) groups excluding carboxylic acids is 1. The Balaban J connectivity index is 1.44. The van der Waals surface area contributed by atoms with Gasteiger partial charge in [0, 0.05) is 33.1 Å². The smallest absolute Gasteiger partial charge is 0.260 e. The Hall–Kier alpha value is -2.41. The second-order valence-corrected chi connectivity index (χ2v) is 5.93. The molecule has 2 aromatic rings. The van der Waals surface area contributed by atoms with E-state index >= 15 is 0 Å². The van der Waals surface area contributed by atoms with Crippen LogP contribution in [0.3, 0.4) is 0 Å². The standard InChI is InChI=1S/C17H22N4O3/c1-13-5-3-4-6-15(13)23-12-17(22)21-9-7-20(8-10-21)11-16-19-18-14(2)24-16/h3-6H,7-12H2,1-2H3. The number of aromatic nitrogens is 2. The maximum Gasteiger partial charge on any atom is 0.260 e. The molecule has 128 valence electrons. The SMILES string of the molecule is Cc1nnc(CN2CCN(C(=O)COc3ccccc3C)CC2)o1. The lowest BCUT2D eigenvalue weighted by atomic mass is 10.2. The van der Waals surface area contributed by atoms with Gasteiger partial charge in [-0.25, -0.2) is 0 Å². The molecule has 1 aromatic heterocycles. The van der Waals surface area contributed by atoms with Gasteiger partial charge in [0.2, 0.25) is 11.8 Å². The summed E-state index contributed by atoms with van der Waals surface area (Å²) in [6.45, 7) is 7.40. The largest absolute Gasteiger partial charge is 0.484 e. The van der Waals surface area contributed by atoms with Gasteiger partial charge >= 0.3 is 0 Å². The molecule has 1 fully saturated rings. The molecule has 0 radical (unpaired) electrons. The zero-order valence-electron chi connectivity index (χ0n) is 14.1. The minimum absolute atomic E-state index is 0.0199. The fraction of sp³-hybridized carbons (Fsp3) is 0.471. The van der Waals surface area contributed by atoms with Gasteiger partial charge in [-0.3, -0.25) is 9.69 Å². The van der Waals surface area contributed by atoms with Crippen molar-refractivity contribution < 1.29 is 13.9 Å². The highest BCUT2D eigenvalue weighted by molar-refractivity contribution is 5.78. The molecular weight excluding hydrogens is 308 g/mol. The summed E-state index contributed by atoms with van der Waals surface area (Å²) in [5.74, 6) is 1.98. The highest BCUT2D eigenvalue weighted by Gasteiger charge is 2.22. The molecule has 1 aliphatic heterocycles. The summed E-state index contributed by atoms with van der Waals surface area (Å²) in [6, 6.07) is 7.71. The molecule has 0 atom stereocenters. The molecule has 0 bridgehead atoms. The molecular formula is C17H22N4O3. The van der Waals surface area contributed by atoms with Gasteiger partial charge in [0.1, 0.15) is 5.75 Å². The highest BCUT2D eigenvalue weighted by atomic mass is 16.5. The van der Waals surface area contributed by atoms with Crippen molar-refractivity contribution in [2.24, 2.45) is 0 Å². The van der Waals surface area contributed by atoms with Gasteiger partial charge in [-0.1, -0.05) is 18.2 Å². The number of aryl methyl sites for hydroxylation is 2. The zero-order chi connectivity index (χ0) is 16.9. The van der Waals surface area contributed by atoms with E-state index in [0.717, 1.165) is 24.4 Å². The van der Waals surface area contributed by atoms with Crippen LogP contribution in [0.2, 0.25) is 0 Å². The minimum Gasteiger partial charge on any atom is -0.484 e. The third-order valence-corrected chi connectivity index (χ3v) is 4.10. The third kappa shape index (κ3) is 4.11. The van der Waals surface area contributed by atoms with Crippen molar-refractivity contribution in [1.82, 2.24) is 20.0 Å². The van der Waals surface area contributed by atoms with Crippen molar-refractivity contribution in [1.29, 1.82) is 0 Å². The van der Waals surface area contributed by atoms with Crippen LogP contribution >= 0.6 is 0 Å². The summed E-state index contributed by atoms with van der Waals surface area (Å²) >= 11 is 0. The first kappa shape index (κ1) is 16.4. The van der Waals surface area contributed by atoms with E-state index in [1.165, 1.54) is 0 Å². The Morgan fingerprint density at radius 2 is 1.92 bits per heavy atom. The molecule has 0 spiro atoms. The van der Waals surface area contributed by atoms with E-state index in [4.69, 9.17) is 9.15 Å². The number of para-hydroxylation sites is 1. The molecule has 3 rings (SSSR count). The summed E-state index contributed by atoms with van der Waals surface area (Å²) in [7, 11) is 0. The van der Waals surface area contributed by atoms with Crippen molar-refractivity contribution >= 4 is 5.91 Å². The predicted molar refractivity (Wildman–Crippen MR) is 87.6 cm³/mol. The first-order valence-corrected chi connectivity index (χ1v) is 8.09. The summed E-state index contributed by atoms with van der Waals surface area (Å²) < 4.78 is 11.0. The van der Waals surface area contributed by atoms with E-state index in [1.54, 1.807) is 6.92 Å². The molecule has 0 unspecified atom stereocenters. The fourth-order valence-corrected chi connectivity index (χ4v) is 2.70. The Morgan fingerprint density at radius 3 is 2.58 bits per heavy atom. The van der Waals surface area contributed by atoms with Gasteiger partial charge < -0.3 is 14.1 Å². The van der Waals surface area contributed by atoms with Crippen molar-refractivity contribution in [3.05, 3.63) is 41.6 Å². The second-order valence-electron chi connectivity index (χ2n) is 5.93. The zero-order valence-corrected chi connectivity index (χ0v) is 14.1. The Morgan fingerprint density at radius 1 is 1.17 bits per heavy atom. The molecule has 0 N–H and O–H groups in total. The summed E-state index contributed by atoms with van der Waals surface area (Å²) in [6.07, 6.45) is 0. The van der Waals surface area contributed by atoms with Gasteiger partial charge in [0.15, 0.2) is 6.61 Å². The molecule has 1 aliphatic rings. The normalized spacial score (nSPS) is 15.5. The molecule has 1 aromatic carbocycles. The van der Waals surface area contributed by atoms with Crippen molar-refractivity contribution in [3.63, 3.8) is 0 Å². The third-order valence-electron chi connectivity index (χ3n) is 4.10. The van der Waals surface area contributed by atoms with Gasteiger partial charge in [-0.15, -0.1) is 10.2 Å². The van der Waals surface area contributed by atoms with Crippen LogP contribution in [0.25, 0.3) is 0 Å². The Kier molecular flexibility index (Phi) is 5.10. The van der Waals surface area contributed by atoms with E-state index < -0.39 is 0 Å². The first-order chi connectivity index (χ1) is 11.6. The van der Waals surface area contributed by atoms with E-state index in [1.807, 2.05) is 36.1 Å². The fourth-order valence-electron chi connectivity index (χ4n) is 2.70. The van der Waals surface area contributed by atoms with E-state index in [2.05, 4.69) is 15.1 Å². The quantitative estimate of drug-likeness (QED) is 0.825. The minimum atomic E-state index is 0.0199. The first-order valence-electron chi connectivity index (χ1n) is 8.09. The summed E-state index contributed by atoms with van der Waals surface area (Å²) in [4.78, 5) is 16.3.